The number of benzene rings is 1. The Labute approximate surface area is 116 Å². The average Bonchev–Trinajstić information content (AvgIpc) is 2.89. The molecule has 7 heteroatoms. The molecule has 0 aromatic heterocycles. The third-order valence-electron chi connectivity index (χ3n) is 3.35. The fraction of sp³-hybridized carbons (Fsp3) is 0.538. The van der Waals surface area contributed by atoms with Crippen molar-refractivity contribution >= 4 is 5.69 Å². The standard InChI is InChI=1S/C13H18N2O5/c1-2-3-4-10(16)13(14)8-5-11-12(20-7-19-11)6-9(8)15(17)18/h5-6,10,13,16H,2-4,7,14H2,1H3/t10-,13+/m0/s1. The Bertz CT molecular complexity index is 506. The second-order valence-electron chi connectivity index (χ2n) is 4.76. The molecule has 2 atom stereocenters. The van der Waals surface area contributed by atoms with Crippen LogP contribution in [0.2, 0.25) is 0 Å². The maximum absolute atomic E-state index is 11.1. The molecule has 0 fully saturated rings. The highest BCUT2D eigenvalue weighted by molar-refractivity contribution is 5.56. The zero-order valence-corrected chi connectivity index (χ0v) is 11.2. The van der Waals surface area contributed by atoms with Gasteiger partial charge in [-0.25, -0.2) is 0 Å². The van der Waals surface area contributed by atoms with Gasteiger partial charge >= 0.3 is 0 Å². The van der Waals surface area contributed by atoms with Gasteiger partial charge in [-0.3, -0.25) is 10.1 Å². The van der Waals surface area contributed by atoms with Crippen molar-refractivity contribution in [1.82, 2.24) is 0 Å². The summed E-state index contributed by atoms with van der Waals surface area (Å²) in [7, 11) is 0. The van der Waals surface area contributed by atoms with Crippen LogP contribution in [0, 0.1) is 10.1 Å². The summed E-state index contributed by atoms with van der Waals surface area (Å²) in [6.07, 6.45) is 1.41. The van der Waals surface area contributed by atoms with E-state index in [-0.39, 0.29) is 18.0 Å². The van der Waals surface area contributed by atoms with Crippen molar-refractivity contribution in [2.45, 2.75) is 38.3 Å². The molecule has 0 radical (unpaired) electrons. The quantitative estimate of drug-likeness (QED) is 0.609. The molecule has 0 saturated heterocycles. The Morgan fingerprint density at radius 1 is 1.45 bits per heavy atom. The van der Waals surface area contributed by atoms with Gasteiger partial charge in [0.2, 0.25) is 6.79 Å². The van der Waals surface area contributed by atoms with E-state index in [1.54, 1.807) is 0 Å². The molecule has 0 unspecified atom stereocenters. The van der Waals surface area contributed by atoms with Gasteiger partial charge in [0.15, 0.2) is 11.5 Å². The van der Waals surface area contributed by atoms with E-state index in [4.69, 9.17) is 15.2 Å². The van der Waals surface area contributed by atoms with Crippen LogP contribution in [-0.4, -0.2) is 22.9 Å². The summed E-state index contributed by atoms with van der Waals surface area (Å²) in [5.74, 6) is 0.749. The third kappa shape index (κ3) is 2.83. The highest BCUT2D eigenvalue weighted by Crippen LogP contribution is 2.40. The monoisotopic (exact) mass is 282 g/mol. The number of nitrogens with two attached hydrogens (primary N) is 1. The molecule has 1 aromatic carbocycles. The second-order valence-corrected chi connectivity index (χ2v) is 4.76. The SMILES string of the molecule is CCCC[C@H](O)[C@H](N)c1cc2c(cc1[N+](=O)[O-])OCO2. The number of aliphatic hydroxyl groups excluding tert-OH is 1. The van der Waals surface area contributed by atoms with Crippen molar-refractivity contribution < 1.29 is 19.5 Å². The van der Waals surface area contributed by atoms with Crippen molar-refractivity contribution in [3.05, 3.63) is 27.8 Å². The molecular formula is C13H18N2O5. The Kier molecular flexibility index (Phi) is 4.41. The van der Waals surface area contributed by atoms with Crippen LogP contribution < -0.4 is 15.2 Å². The third-order valence-corrected chi connectivity index (χ3v) is 3.35. The minimum absolute atomic E-state index is 0.0313. The van der Waals surface area contributed by atoms with Crippen LogP contribution in [0.1, 0.15) is 37.8 Å². The van der Waals surface area contributed by atoms with Gasteiger partial charge in [-0.15, -0.1) is 0 Å². The van der Waals surface area contributed by atoms with E-state index in [1.807, 2.05) is 6.92 Å². The Morgan fingerprint density at radius 3 is 2.70 bits per heavy atom. The lowest BCUT2D eigenvalue weighted by molar-refractivity contribution is -0.385. The van der Waals surface area contributed by atoms with E-state index in [0.717, 1.165) is 12.8 Å². The molecular weight excluding hydrogens is 264 g/mol. The van der Waals surface area contributed by atoms with Crippen molar-refractivity contribution in [3.8, 4) is 11.5 Å². The van der Waals surface area contributed by atoms with Crippen LogP contribution in [-0.2, 0) is 0 Å². The maximum Gasteiger partial charge on any atom is 0.278 e. The van der Waals surface area contributed by atoms with E-state index in [0.29, 0.717) is 17.9 Å². The number of nitro groups is 1. The molecule has 1 aliphatic rings. The average molecular weight is 282 g/mol. The number of nitro benzene ring substituents is 1. The molecule has 20 heavy (non-hydrogen) atoms. The molecule has 2 rings (SSSR count). The number of hydrogen-bond donors (Lipinski definition) is 2. The van der Waals surface area contributed by atoms with Crippen molar-refractivity contribution in [1.29, 1.82) is 0 Å². The lowest BCUT2D eigenvalue weighted by Crippen LogP contribution is -2.26. The largest absolute Gasteiger partial charge is 0.454 e. The van der Waals surface area contributed by atoms with E-state index >= 15 is 0 Å². The van der Waals surface area contributed by atoms with Crippen LogP contribution in [0.3, 0.4) is 0 Å². The van der Waals surface area contributed by atoms with Gasteiger partial charge in [0.05, 0.1) is 28.7 Å². The smallest absolute Gasteiger partial charge is 0.278 e. The summed E-state index contributed by atoms with van der Waals surface area (Å²) in [6, 6.07) is 1.96. The number of aliphatic hydroxyl groups is 1. The topological polar surface area (TPSA) is 108 Å². The van der Waals surface area contributed by atoms with Crippen molar-refractivity contribution in [2.75, 3.05) is 6.79 Å². The van der Waals surface area contributed by atoms with Crippen molar-refractivity contribution in [3.63, 3.8) is 0 Å². The van der Waals surface area contributed by atoms with Gasteiger partial charge in [-0.05, 0) is 12.5 Å². The molecule has 7 nitrogen and oxygen atoms in total. The molecule has 1 aliphatic heterocycles. The van der Waals surface area contributed by atoms with Crippen LogP contribution >= 0.6 is 0 Å². The molecule has 1 heterocycles. The van der Waals surface area contributed by atoms with E-state index in [2.05, 4.69) is 0 Å². The number of fused-ring (bicyclic) bond motifs is 1. The van der Waals surface area contributed by atoms with E-state index < -0.39 is 17.1 Å². The number of ether oxygens (including phenoxy) is 2. The maximum atomic E-state index is 11.1. The Morgan fingerprint density at radius 2 is 2.10 bits per heavy atom. The summed E-state index contributed by atoms with van der Waals surface area (Å²) >= 11 is 0. The van der Waals surface area contributed by atoms with Gasteiger partial charge in [-0.2, -0.15) is 0 Å². The lowest BCUT2D eigenvalue weighted by atomic mass is 9.96. The number of unbranched alkanes of at least 4 members (excludes halogenated alkanes) is 1. The van der Waals surface area contributed by atoms with Crippen LogP contribution in [0.15, 0.2) is 12.1 Å². The molecule has 0 spiro atoms. The summed E-state index contributed by atoms with van der Waals surface area (Å²) in [4.78, 5) is 10.6. The first-order valence-electron chi connectivity index (χ1n) is 6.56. The fourth-order valence-electron chi connectivity index (χ4n) is 2.17. The molecule has 0 aliphatic carbocycles. The highest BCUT2D eigenvalue weighted by Gasteiger charge is 2.29. The van der Waals surface area contributed by atoms with Crippen LogP contribution in [0.5, 0.6) is 11.5 Å². The number of nitrogens with zero attached hydrogens (tertiary/aromatic N) is 1. The zero-order chi connectivity index (χ0) is 14.7. The molecule has 0 bridgehead atoms. The molecule has 3 N–H and O–H groups in total. The van der Waals surface area contributed by atoms with Gasteiger partial charge in [0, 0.05) is 0 Å². The Balaban J connectivity index is 2.31. The van der Waals surface area contributed by atoms with Gasteiger partial charge in [0.1, 0.15) is 0 Å². The van der Waals surface area contributed by atoms with E-state index in [1.165, 1.54) is 12.1 Å². The first-order chi connectivity index (χ1) is 9.54. The van der Waals surface area contributed by atoms with Gasteiger partial charge in [0.25, 0.3) is 5.69 Å². The van der Waals surface area contributed by atoms with Crippen molar-refractivity contribution in [2.24, 2.45) is 5.73 Å². The summed E-state index contributed by atoms with van der Waals surface area (Å²) in [6.45, 7) is 2.03. The van der Waals surface area contributed by atoms with Gasteiger partial charge in [-0.1, -0.05) is 19.8 Å². The second kappa shape index (κ2) is 6.06. The highest BCUT2D eigenvalue weighted by atomic mass is 16.7. The summed E-state index contributed by atoms with van der Waals surface area (Å²) < 4.78 is 10.3. The predicted molar refractivity (Wildman–Crippen MR) is 71.7 cm³/mol. The number of hydrogen-bond acceptors (Lipinski definition) is 6. The normalized spacial score (nSPS) is 15.9. The van der Waals surface area contributed by atoms with Crippen LogP contribution in [0.4, 0.5) is 5.69 Å². The molecule has 1 aromatic rings. The molecule has 110 valence electrons. The summed E-state index contributed by atoms with van der Waals surface area (Å²) in [5.41, 5.74) is 6.07. The van der Waals surface area contributed by atoms with Crippen LogP contribution in [0.25, 0.3) is 0 Å². The first kappa shape index (κ1) is 14.5. The van der Waals surface area contributed by atoms with E-state index in [9.17, 15) is 15.2 Å². The first-order valence-corrected chi connectivity index (χ1v) is 6.56. The predicted octanol–water partition coefficient (Wildman–Crippen LogP) is 1.87. The minimum Gasteiger partial charge on any atom is -0.454 e. The lowest BCUT2D eigenvalue weighted by Gasteiger charge is -2.19. The zero-order valence-electron chi connectivity index (χ0n) is 11.2. The number of rotatable bonds is 6. The summed E-state index contributed by atoms with van der Waals surface area (Å²) in [5, 5.41) is 21.2. The molecule has 0 saturated carbocycles. The van der Waals surface area contributed by atoms with Gasteiger partial charge < -0.3 is 20.3 Å². The minimum atomic E-state index is -0.825. The fourth-order valence-corrected chi connectivity index (χ4v) is 2.17. The molecule has 0 amide bonds. The Hall–Kier alpha value is -1.86.